The van der Waals surface area contributed by atoms with Crippen LogP contribution in [0.15, 0.2) is 44.4 Å². The van der Waals surface area contributed by atoms with Crippen LogP contribution in [-0.2, 0) is 15.6 Å². The predicted octanol–water partition coefficient (Wildman–Crippen LogP) is 4.10. The highest BCUT2D eigenvalue weighted by molar-refractivity contribution is 7.90. The lowest BCUT2D eigenvalue weighted by atomic mass is 10.2. The SMILES string of the molecule is Cc1ccc(C)c(S(=O)(=O)Cc2cc(Cl)c3oc(=O)sc3c2)c1. The van der Waals surface area contributed by atoms with Crippen molar-refractivity contribution in [3.05, 3.63) is 61.8 Å². The lowest BCUT2D eigenvalue weighted by Crippen LogP contribution is -2.07. The van der Waals surface area contributed by atoms with Crippen molar-refractivity contribution in [1.82, 2.24) is 0 Å². The number of hydrogen-bond acceptors (Lipinski definition) is 5. The molecular weight excluding hydrogens is 356 g/mol. The molecule has 0 aliphatic carbocycles. The maximum atomic E-state index is 12.7. The summed E-state index contributed by atoms with van der Waals surface area (Å²) in [6.45, 7) is 3.62. The van der Waals surface area contributed by atoms with E-state index in [0.717, 1.165) is 16.9 Å². The Kier molecular flexibility index (Phi) is 4.08. The molecule has 0 amide bonds. The molecule has 0 radical (unpaired) electrons. The van der Waals surface area contributed by atoms with Gasteiger partial charge in [-0.25, -0.2) is 13.2 Å². The van der Waals surface area contributed by atoms with Gasteiger partial charge in [0.2, 0.25) is 0 Å². The lowest BCUT2D eigenvalue weighted by Gasteiger charge is -2.09. The Balaban J connectivity index is 2.07. The van der Waals surface area contributed by atoms with Gasteiger partial charge in [-0.05, 0) is 48.7 Å². The molecule has 23 heavy (non-hydrogen) atoms. The number of rotatable bonds is 3. The monoisotopic (exact) mass is 368 g/mol. The predicted molar refractivity (Wildman–Crippen MR) is 92.2 cm³/mol. The van der Waals surface area contributed by atoms with Gasteiger partial charge in [0, 0.05) is 0 Å². The number of fused-ring (bicyclic) bond motifs is 1. The van der Waals surface area contributed by atoms with E-state index in [1.807, 2.05) is 13.0 Å². The van der Waals surface area contributed by atoms with E-state index in [1.165, 1.54) is 6.07 Å². The second kappa shape index (κ2) is 5.78. The average molecular weight is 369 g/mol. The number of sulfone groups is 1. The van der Waals surface area contributed by atoms with E-state index in [1.54, 1.807) is 25.1 Å². The van der Waals surface area contributed by atoms with E-state index < -0.39 is 14.8 Å². The van der Waals surface area contributed by atoms with Crippen LogP contribution in [0.1, 0.15) is 16.7 Å². The van der Waals surface area contributed by atoms with E-state index in [0.29, 0.717) is 26.3 Å². The molecule has 7 heteroatoms. The Morgan fingerprint density at radius 3 is 2.65 bits per heavy atom. The summed E-state index contributed by atoms with van der Waals surface area (Å²) in [4.78, 5) is 11.2. The highest BCUT2D eigenvalue weighted by atomic mass is 35.5. The van der Waals surface area contributed by atoms with Crippen molar-refractivity contribution >= 4 is 43.1 Å². The Morgan fingerprint density at radius 2 is 1.91 bits per heavy atom. The van der Waals surface area contributed by atoms with E-state index >= 15 is 0 Å². The molecule has 0 unspecified atom stereocenters. The van der Waals surface area contributed by atoms with Crippen LogP contribution in [0.2, 0.25) is 5.02 Å². The van der Waals surface area contributed by atoms with Crippen LogP contribution >= 0.6 is 22.9 Å². The molecule has 0 atom stereocenters. The van der Waals surface area contributed by atoms with Gasteiger partial charge in [-0.15, -0.1) is 0 Å². The van der Waals surface area contributed by atoms with Gasteiger partial charge in [-0.2, -0.15) is 0 Å². The number of hydrogen-bond donors (Lipinski definition) is 0. The van der Waals surface area contributed by atoms with Gasteiger partial charge in [-0.1, -0.05) is 35.1 Å². The molecule has 1 heterocycles. The highest BCUT2D eigenvalue weighted by Crippen LogP contribution is 2.29. The zero-order chi connectivity index (χ0) is 16.8. The van der Waals surface area contributed by atoms with Gasteiger partial charge < -0.3 is 4.42 Å². The van der Waals surface area contributed by atoms with Gasteiger partial charge in [0.1, 0.15) is 0 Å². The molecule has 3 rings (SSSR count). The smallest absolute Gasteiger partial charge is 0.396 e. The van der Waals surface area contributed by atoms with Gasteiger partial charge in [0.05, 0.1) is 20.4 Å². The largest absolute Gasteiger partial charge is 0.412 e. The molecule has 0 saturated carbocycles. The summed E-state index contributed by atoms with van der Waals surface area (Å²) in [6, 6.07) is 8.50. The van der Waals surface area contributed by atoms with Gasteiger partial charge in [-0.3, -0.25) is 0 Å². The normalized spacial score (nSPS) is 12.0. The lowest BCUT2D eigenvalue weighted by molar-refractivity contribution is 0.585. The minimum absolute atomic E-state index is 0.182. The summed E-state index contributed by atoms with van der Waals surface area (Å²) in [6.07, 6.45) is 0. The molecule has 0 aliphatic heterocycles. The van der Waals surface area contributed by atoms with Crippen molar-refractivity contribution in [3.63, 3.8) is 0 Å². The zero-order valence-corrected chi connectivity index (χ0v) is 14.8. The Morgan fingerprint density at radius 1 is 1.17 bits per heavy atom. The molecule has 0 saturated heterocycles. The molecule has 1 aromatic heterocycles. The minimum Gasteiger partial charge on any atom is -0.412 e. The molecule has 4 nitrogen and oxygen atoms in total. The summed E-state index contributed by atoms with van der Waals surface area (Å²) in [7, 11) is -3.51. The first-order valence-electron chi connectivity index (χ1n) is 6.78. The molecule has 0 spiro atoms. The van der Waals surface area contributed by atoms with E-state index in [-0.39, 0.29) is 10.8 Å². The van der Waals surface area contributed by atoms with Gasteiger partial charge in [0.15, 0.2) is 15.4 Å². The van der Waals surface area contributed by atoms with Gasteiger partial charge in [0.25, 0.3) is 0 Å². The van der Waals surface area contributed by atoms with Crippen LogP contribution in [0.25, 0.3) is 10.3 Å². The fraction of sp³-hybridized carbons (Fsp3) is 0.188. The third-order valence-corrected chi connectivity index (χ3v) is 6.36. The fourth-order valence-electron chi connectivity index (χ4n) is 2.41. The van der Waals surface area contributed by atoms with Crippen LogP contribution < -0.4 is 4.94 Å². The van der Waals surface area contributed by atoms with E-state index in [2.05, 4.69) is 0 Å². The Labute approximate surface area is 142 Å². The molecular formula is C16H13ClO4S2. The third-order valence-electron chi connectivity index (χ3n) is 3.48. The first kappa shape index (κ1) is 16.2. The van der Waals surface area contributed by atoms with Crippen LogP contribution in [0.3, 0.4) is 0 Å². The molecule has 120 valence electrons. The molecule has 0 aliphatic rings. The first-order chi connectivity index (χ1) is 10.8. The van der Waals surface area contributed by atoms with Crippen molar-refractivity contribution in [2.75, 3.05) is 0 Å². The summed E-state index contributed by atoms with van der Waals surface area (Å²) in [5, 5.41) is 0.243. The van der Waals surface area contributed by atoms with E-state index in [4.69, 9.17) is 16.0 Å². The molecule has 0 bridgehead atoms. The van der Waals surface area contributed by atoms with Crippen LogP contribution in [0, 0.1) is 13.8 Å². The third kappa shape index (κ3) is 3.20. The molecule has 3 aromatic rings. The van der Waals surface area contributed by atoms with Crippen molar-refractivity contribution in [2.45, 2.75) is 24.5 Å². The van der Waals surface area contributed by atoms with Crippen molar-refractivity contribution in [3.8, 4) is 0 Å². The topological polar surface area (TPSA) is 64.3 Å². The summed E-state index contributed by atoms with van der Waals surface area (Å²) in [5.41, 5.74) is 2.42. The summed E-state index contributed by atoms with van der Waals surface area (Å²) in [5.74, 6) is -0.182. The standard InChI is InChI=1S/C16H13ClO4S2/c1-9-3-4-10(2)14(5-9)23(19,20)8-11-6-12(17)15-13(7-11)22-16(18)21-15/h3-7H,8H2,1-2H3. The van der Waals surface area contributed by atoms with Crippen LogP contribution in [0.5, 0.6) is 0 Å². The Bertz CT molecular complexity index is 1060. The number of benzene rings is 2. The van der Waals surface area contributed by atoms with Crippen LogP contribution in [-0.4, -0.2) is 8.42 Å². The maximum Gasteiger partial charge on any atom is 0.396 e. The van der Waals surface area contributed by atoms with Gasteiger partial charge >= 0.3 is 4.94 Å². The second-order valence-electron chi connectivity index (χ2n) is 5.39. The summed E-state index contributed by atoms with van der Waals surface area (Å²) >= 11 is 6.99. The molecule has 2 aromatic carbocycles. The zero-order valence-electron chi connectivity index (χ0n) is 12.4. The quantitative estimate of drug-likeness (QED) is 0.698. The van der Waals surface area contributed by atoms with Crippen LogP contribution in [0.4, 0.5) is 0 Å². The molecule has 0 fully saturated rings. The van der Waals surface area contributed by atoms with Crippen molar-refractivity contribution < 1.29 is 12.8 Å². The Hall–Kier alpha value is -1.63. The molecule has 0 N–H and O–H groups in total. The second-order valence-corrected chi connectivity index (χ2v) is 8.73. The van der Waals surface area contributed by atoms with Crippen molar-refractivity contribution in [2.24, 2.45) is 0 Å². The summed E-state index contributed by atoms with van der Waals surface area (Å²) < 4.78 is 30.9. The number of halogens is 1. The average Bonchev–Trinajstić information content (AvgIpc) is 2.82. The fourth-order valence-corrected chi connectivity index (χ4v) is 5.19. The minimum atomic E-state index is -3.51. The maximum absolute atomic E-state index is 12.7. The van der Waals surface area contributed by atoms with E-state index in [9.17, 15) is 13.2 Å². The highest BCUT2D eigenvalue weighted by Gasteiger charge is 2.19. The van der Waals surface area contributed by atoms with Crippen molar-refractivity contribution in [1.29, 1.82) is 0 Å². The number of aryl methyl sites for hydroxylation is 2. The first-order valence-corrected chi connectivity index (χ1v) is 9.63.